The first-order valence-electron chi connectivity index (χ1n) is 7.11. The number of benzene rings is 2. The number of rotatable bonds is 4. The quantitative estimate of drug-likeness (QED) is 0.913. The molecule has 1 aliphatic rings. The molecule has 4 heteroatoms. The lowest BCUT2D eigenvalue weighted by atomic mass is 9.98. The second-order valence-electron chi connectivity index (χ2n) is 5.11. The molecule has 3 rings (SSSR count). The number of ether oxygens (including phenoxy) is 2. The van der Waals surface area contributed by atoms with Crippen molar-refractivity contribution in [3.63, 3.8) is 0 Å². The van der Waals surface area contributed by atoms with E-state index in [0.29, 0.717) is 6.61 Å². The minimum Gasteiger partial charge on any atom is -0.494 e. The lowest BCUT2D eigenvalue weighted by molar-refractivity contribution is 0.199. The van der Waals surface area contributed by atoms with Crippen LogP contribution in [0.15, 0.2) is 46.9 Å². The van der Waals surface area contributed by atoms with Crippen molar-refractivity contribution in [1.29, 1.82) is 0 Å². The van der Waals surface area contributed by atoms with Crippen molar-refractivity contribution in [2.45, 2.75) is 25.5 Å². The molecule has 0 saturated carbocycles. The summed E-state index contributed by atoms with van der Waals surface area (Å²) < 4.78 is 12.4. The summed E-state index contributed by atoms with van der Waals surface area (Å²) >= 11 is 3.58. The first-order chi connectivity index (χ1) is 10.2. The first kappa shape index (κ1) is 14.4. The third-order valence-corrected chi connectivity index (χ3v) is 4.40. The molecule has 2 N–H and O–H groups in total. The van der Waals surface area contributed by atoms with Gasteiger partial charge in [0.15, 0.2) is 0 Å². The Morgan fingerprint density at radius 2 is 2.14 bits per heavy atom. The maximum Gasteiger partial charge on any atom is 0.123 e. The molecule has 2 aromatic rings. The van der Waals surface area contributed by atoms with E-state index in [2.05, 4.69) is 22.0 Å². The monoisotopic (exact) mass is 347 g/mol. The fourth-order valence-corrected chi connectivity index (χ4v) is 3.27. The number of para-hydroxylation sites is 1. The summed E-state index contributed by atoms with van der Waals surface area (Å²) in [5.41, 5.74) is 8.67. The lowest BCUT2D eigenvalue weighted by Gasteiger charge is -2.21. The standard InChI is InChI=1S/C17H18BrNO2/c1-2-20-12-7-8-13(14(18)10-12)17(19)16-9-11-5-3-4-6-15(11)21-16/h3-8,10,16-17H,2,9,19H2,1H3. The predicted molar refractivity (Wildman–Crippen MR) is 86.8 cm³/mol. The molecule has 0 spiro atoms. The number of fused-ring (bicyclic) bond motifs is 1. The smallest absolute Gasteiger partial charge is 0.123 e. The van der Waals surface area contributed by atoms with Crippen LogP contribution in [0.1, 0.15) is 24.1 Å². The zero-order valence-electron chi connectivity index (χ0n) is 11.9. The van der Waals surface area contributed by atoms with Crippen LogP contribution >= 0.6 is 15.9 Å². The van der Waals surface area contributed by atoms with Gasteiger partial charge in [-0.15, -0.1) is 0 Å². The predicted octanol–water partition coefficient (Wildman–Crippen LogP) is 3.85. The van der Waals surface area contributed by atoms with Crippen molar-refractivity contribution in [2.75, 3.05) is 6.61 Å². The van der Waals surface area contributed by atoms with Crippen molar-refractivity contribution < 1.29 is 9.47 Å². The topological polar surface area (TPSA) is 44.5 Å². The summed E-state index contributed by atoms with van der Waals surface area (Å²) in [5.74, 6) is 1.79. The van der Waals surface area contributed by atoms with E-state index in [1.165, 1.54) is 5.56 Å². The maximum atomic E-state index is 6.41. The van der Waals surface area contributed by atoms with Crippen molar-refractivity contribution >= 4 is 15.9 Å². The molecule has 2 unspecified atom stereocenters. The van der Waals surface area contributed by atoms with Crippen molar-refractivity contribution in [3.05, 3.63) is 58.1 Å². The lowest BCUT2D eigenvalue weighted by Crippen LogP contribution is -2.30. The Balaban J connectivity index is 1.79. The molecule has 3 nitrogen and oxygen atoms in total. The molecule has 0 saturated heterocycles. The van der Waals surface area contributed by atoms with E-state index in [-0.39, 0.29) is 12.1 Å². The highest BCUT2D eigenvalue weighted by Gasteiger charge is 2.29. The number of hydrogen-bond acceptors (Lipinski definition) is 3. The third kappa shape index (κ3) is 2.92. The van der Waals surface area contributed by atoms with Crippen molar-refractivity contribution in [3.8, 4) is 11.5 Å². The van der Waals surface area contributed by atoms with Gasteiger partial charge in [0.2, 0.25) is 0 Å². The Labute approximate surface area is 133 Å². The van der Waals surface area contributed by atoms with Gasteiger partial charge in [0.25, 0.3) is 0 Å². The van der Waals surface area contributed by atoms with Gasteiger partial charge in [-0.3, -0.25) is 0 Å². The summed E-state index contributed by atoms with van der Waals surface area (Å²) in [6.45, 7) is 2.62. The fraction of sp³-hybridized carbons (Fsp3) is 0.294. The van der Waals surface area contributed by atoms with Gasteiger partial charge in [-0.25, -0.2) is 0 Å². The first-order valence-corrected chi connectivity index (χ1v) is 7.90. The molecule has 21 heavy (non-hydrogen) atoms. The highest BCUT2D eigenvalue weighted by atomic mass is 79.9. The van der Waals surface area contributed by atoms with Gasteiger partial charge in [-0.2, -0.15) is 0 Å². The number of hydrogen-bond donors (Lipinski definition) is 1. The van der Waals surface area contributed by atoms with Crippen LogP contribution in [0.5, 0.6) is 11.5 Å². The van der Waals surface area contributed by atoms with E-state index in [1.54, 1.807) is 0 Å². The molecule has 1 aliphatic heterocycles. The molecule has 110 valence electrons. The van der Waals surface area contributed by atoms with Gasteiger partial charge in [-0.1, -0.05) is 40.2 Å². The molecule has 2 atom stereocenters. The van der Waals surface area contributed by atoms with Crippen LogP contribution in [-0.4, -0.2) is 12.7 Å². The largest absolute Gasteiger partial charge is 0.494 e. The highest BCUT2D eigenvalue weighted by Crippen LogP contribution is 2.36. The Kier molecular flexibility index (Phi) is 4.17. The Morgan fingerprint density at radius 3 is 2.86 bits per heavy atom. The third-order valence-electron chi connectivity index (χ3n) is 3.71. The summed E-state index contributed by atoms with van der Waals surface area (Å²) in [7, 11) is 0. The van der Waals surface area contributed by atoms with Gasteiger partial charge in [-0.05, 0) is 36.2 Å². The molecule has 0 amide bonds. The van der Waals surface area contributed by atoms with Crippen LogP contribution in [0.25, 0.3) is 0 Å². The van der Waals surface area contributed by atoms with E-state index >= 15 is 0 Å². The van der Waals surface area contributed by atoms with Crippen LogP contribution in [0.3, 0.4) is 0 Å². The Bertz CT molecular complexity index is 619. The molecule has 0 aromatic heterocycles. The van der Waals surface area contributed by atoms with Gasteiger partial charge >= 0.3 is 0 Å². The van der Waals surface area contributed by atoms with Gasteiger partial charge in [0.05, 0.1) is 12.6 Å². The normalized spacial score (nSPS) is 18.0. The minimum atomic E-state index is -0.178. The number of nitrogens with two attached hydrogens (primary N) is 1. The zero-order valence-corrected chi connectivity index (χ0v) is 13.5. The second kappa shape index (κ2) is 6.08. The van der Waals surface area contributed by atoms with E-state index in [4.69, 9.17) is 15.2 Å². The highest BCUT2D eigenvalue weighted by molar-refractivity contribution is 9.10. The van der Waals surface area contributed by atoms with E-state index < -0.39 is 0 Å². The van der Waals surface area contributed by atoms with Gasteiger partial charge < -0.3 is 15.2 Å². The average Bonchev–Trinajstić information content (AvgIpc) is 2.91. The molecular formula is C17H18BrNO2. The SMILES string of the molecule is CCOc1ccc(C(N)C2Cc3ccccc3O2)c(Br)c1. The molecule has 0 radical (unpaired) electrons. The molecule has 0 fully saturated rings. The Hall–Kier alpha value is -1.52. The summed E-state index contributed by atoms with van der Waals surface area (Å²) in [6, 6.07) is 13.8. The van der Waals surface area contributed by atoms with Crippen LogP contribution in [-0.2, 0) is 6.42 Å². The molecule has 1 heterocycles. The van der Waals surface area contributed by atoms with Gasteiger partial charge in [0, 0.05) is 10.9 Å². The average molecular weight is 348 g/mol. The minimum absolute atomic E-state index is 0.0309. The fourth-order valence-electron chi connectivity index (χ4n) is 2.64. The van der Waals surface area contributed by atoms with Crippen LogP contribution < -0.4 is 15.2 Å². The number of halogens is 1. The molecule has 0 aliphatic carbocycles. The maximum absolute atomic E-state index is 6.41. The molecule has 2 aromatic carbocycles. The van der Waals surface area contributed by atoms with Gasteiger partial charge in [0.1, 0.15) is 17.6 Å². The van der Waals surface area contributed by atoms with Crippen molar-refractivity contribution in [2.24, 2.45) is 5.73 Å². The van der Waals surface area contributed by atoms with Crippen LogP contribution in [0.4, 0.5) is 0 Å². The molecule has 0 bridgehead atoms. The second-order valence-corrected chi connectivity index (χ2v) is 5.96. The summed E-state index contributed by atoms with van der Waals surface area (Å²) in [5, 5.41) is 0. The van der Waals surface area contributed by atoms with Crippen LogP contribution in [0.2, 0.25) is 0 Å². The Morgan fingerprint density at radius 1 is 1.33 bits per heavy atom. The summed E-state index contributed by atoms with van der Waals surface area (Å²) in [4.78, 5) is 0. The van der Waals surface area contributed by atoms with E-state index in [9.17, 15) is 0 Å². The zero-order chi connectivity index (χ0) is 14.8. The summed E-state index contributed by atoms with van der Waals surface area (Å²) in [6.07, 6.45) is 0.813. The van der Waals surface area contributed by atoms with E-state index in [1.807, 2.05) is 43.3 Å². The molecular weight excluding hydrogens is 330 g/mol. The van der Waals surface area contributed by atoms with E-state index in [0.717, 1.165) is 28.0 Å². The van der Waals surface area contributed by atoms with Crippen LogP contribution in [0, 0.1) is 0 Å². The van der Waals surface area contributed by atoms with Crippen molar-refractivity contribution in [1.82, 2.24) is 0 Å².